The van der Waals surface area contributed by atoms with Crippen molar-refractivity contribution in [2.24, 2.45) is 0 Å². The minimum absolute atomic E-state index is 1.38. The van der Waals surface area contributed by atoms with Gasteiger partial charge in [0.15, 0.2) is 0 Å². The zero-order valence-corrected chi connectivity index (χ0v) is 12.8. The number of hydrogen-bond acceptors (Lipinski definition) is 2. The molecule has 16 heavy (non-hydrogen) atoms. The van der Waals surface area contributed by atoms with Crippen molar-refractivity contribution in [1.82, 2.24) is 0 Å². The van der Waals surface area contributed by atoms with Crippen LogP contribution in [0.3, 0.4) is 0 Å². The Balaban J connectivity index is 0.000000244. The van der Waals surface area contributed by atoms with Crippen LogP contribution in [0.1, 0.15) is 34.0 Å². The van der Waals surface area contributed by atoms with Crippen LogP contribution in [0.25, 0.3) is 0 Å². The second-order valence-electron chi connectivity index (χ2n) is 3.39. The molecule has 0 aliphatic rings. The van der Waals surface area contributed by atoms with Crippen LogP contribution in [0.15, 0.2) is 23.6 Å². The van der Waals surface area contributed by atoms with Crippen LogP contribution in [0.2, 0.25) is 0 Å². The Bertz CT molecular complexity index is 312. The second kappa shape index (κ2) is 8.54. The average molecular weight is 254 g/mol. The summed E-state index contributed by atoms with van der Waals surface area (Å²) in [4.78, 5) is 4.20. The van der Waals surface area contributed by atoms with E-state index in [4.69, 9.17) is 0 Å². The van der Waals surface area contributed by atoms with Gasteiger partial charge >= 0.3 is 0 Å². The van der Waals surface area contributed by atoms with E-state index in [1.54, 1.807) is 11.3 Å². The van der Waals surface area contributed by atoms with Crippen molar-refractivity contribution >= 4 is 22.7 Å². The Morgan fingerprint density at radius 2 is 1.31 bits per heavy atom. The number of thiophene rings is 2. The molecule has 0 atom stereocenters. The zero-order valence-electron chi connectivity index (χ0n) is 11.1. The average Bonchev–Trinajstić information content (AvgIpc) is 2.80. The lowest BCUT2D eigenvalue weighted by atomic mass is 10.4. The molecule has 0 aliphatic carbocycles. The fourth-order valence-electron chi connectivity index (χ4n) is 1.13. The Morgan fingerprint density at radius 3 is 1.44 bits per heavy atom. The largest absolute Gasteiger partial charge is 0.149 e. The standard InChI is InChI=1S/2C6H8S.C2H6/c1-5-3-6(2)7-4-5;1-5-3-4-6(2)7-5;1-2/h2*3-4H,1-2H3;1-2H3. The normalized spacial score (nSPS) is 8.62. The monoisotopic (exact) mass is 254 g/mol. The van der Waals surface area contributed by atoms with Crippen molar-refractivity contribution in [3.63, 3.8) is 0 Å². The molecule has 0 fully saturated rings. The van der Waals surface area contributed by atoms with Crippen molar-refractivity contribution < 1.29 is 0 Å². The molecular weight excluding hydrogens is 232 g/mol. The maximum absolute atomic E-state index is 2.19. The van der Waals surface area contributed by atoms with Gasteiger partial charge in [-0.05, 0) is 56.8 Å². The summed E-state index contributed by atoms with van der Waals surface area (Å²) in [5, 5.41) is 2.16. The van der Waals surface area contributed by atoms with Gasteiger partial charge in [0.05, 0.1) is 0 Å². The van der Waals surface area contributed by atoms with Gasteiger partial charge in [-0.25, -0.2) is 0 Å². The number of rotatable bonds is 0. The van der Waals surface area contributed by atoms with E-state index in [1.807, 2.05) is 25.2 Å². The third-order valence-electron chi connectivity index (χ3n) is 1.74. The van der Waals surface area contributed by atoms with Gasteiger partial charge in [0, 0.05) is 14.6 Å². The highest BCUT2D eigenvalue weighted by atomic mass is 32.1. The summed E-state index contributed by atoms with van der Waals surface area (Å²) >= 11 is 3.65. The molecule has 2 aromatic heterocycles. The van der Waals surface area contributed by atoms with Gasteiger partial charge in [-0.2, -0.15) is 0 Å². The molecule has 90 valence electrons. The minimum Gasteiger partial charge on any atom is -0.149 e. The summed E-state index contributed by atoms with van der Waals surface area (Å²) in [5.74, 6) is 0. The van der Waals surface area contributed by atoms with Crippen LogP contribution >= 0.6 is 22.7 Å². The third kappa shape index (κ3) is 6.81. The highest BCUT2D eigenvalue weighted by Gasteiger charge is 1.85. The highest BCUT2D eigenvalue weighted by Crippen LogP contribution is 2.12. The fraction of sp³-hybridized carbons (Fsp3) is 0.429. The molecule has 0 unspecified atom stereocenters. The van der Waals surface area contributed by atoms with E-state index >= 15 is 0 Å². The van der Waals surface area contributed by atoms with Gasteiger partial charge in [0.1, 0.15) is 0 Å². The van der Waals surface area contributed by atoms with Crippen LogP contribution < -0.4 is 0 Å². The lowest BCUT2D eigenvalue weighted by molar-refractivity contribution is 1.50. The molecule has 0 aromatic carbocycles. The van der Waals surface area contributed by atoms with Gasteiger partial charge in [0.25, 0.3) is 0 Å². The first-order chi connectivity index (χ1) is 7.58. The molecule has 2 heteroatoms. The number of aryl methyl sites for hydroxylation is 4. The summed E-state index contributed by atoms with van der Waals surface area (Å²) in [7, 11) is 0. The lowest BCUT2D eigenvalue weighted by Gasteiger charge is -1.71. The van der Waals surface area contributed by atoms with E-state index in [1.165, 1.54) is 20.2 Å². The molecular formula is C14H22S2. The van der Waals surface area contributed by atoms with E-state index in [-0.39, 0.29) is 0 Å². The molecule has 0 saturated carbocycles. The molecule has 2 rings (SSSR count). The van der Waals surface area contributed by atoms with Crippen LogP contribution in [-0.4, -0.2) is 0 Å². The maximum Gasteiger partial charge on any atom is 0.00170 e. The summed E-state index contributed by atoms with van der Waals surface area (Å²) < 4.78 is 0. The zero-order chi connectivity index (χ0) is 12.6. The van der Waals surface area contributed by atoms with E-state index in [0.717, 1.165) is 0 Å². The summed E-state index contributed by atoms with van der Waals surface area (Å²) in [5.41, 5.74) is 1.38. The smallest absolute Gasteiger partial charge is 0.00170 e. The Labute approximate surface area is 108 Å². The highest BCUT2D eigenvalue weighted by molar-refractivity contribution is 7.11. The first-order valence-corrected chi connectivity index (χ1v) is 7.32. The SMILES string of the molecule is CC.Cc1ccc(C)s1.Cc1csc(C)c1. The lowest BCUT2D eigenvalue weighted by Crippen LogP contribution is -1.53. The maximum atomic E-state index is 2.19. The van der Waals surface area contributed by atoms with Crippen molar-refractivity contribution in [3.05, 3.63) is 43.8 Å². The second-order valence-corrected chi connectivity index (χ2v) is 6.00. The Morgan fingerprint density at radius 1 is 0.812 bits per heavy atom. The van der Waals surface area contributed by atoms with Gasteiger partial charge in [-0.15, -0.1) is 22.7 Å². The predicted octanol–water partition coefficient (Wildman–Crippen LogP) is 5.76. The molecule has 0 bridgehead atoms. The van der Waals surface area contributed by atoms with Crippen molar-refractivity contribution in [3.8, 4) is 0 Å². The van der Waals surface area contributed by atoms with Crippen molar-refractivity contribution in [1.29, 1.82) is 0 Å². The molecule has 0 spiro atoms. The fourth-order valence-corrected chi connectivity index (χ4v) is 2.61. The third-order valence-corrected chi connectivity index (χ3v) is 3.63. The van der Waals surface area contributed by atoms with E-state index in [0.29, 0.717) is 0 Å². The summed E-state index contributed by atoms with van der Waals surface area (Å²) in [6.07, 6.45) is 0. The van der Waals surface area contributed by atoms with Crippen LogP contribution in [0, 0.1) is 27.7 Å². The van der Waals surface area contributed by atoms with Crippen molar-refractivity contribution in [2.75, 3.05) is 0 Å². The minimum atomic E-state index is 1.38. The first-order valence-electron chi connectivity index (χ1n) is 5.62. The quantitative estimate of drug-likeness (QED) is 0.561. The summed E-state index contributed by atoms with van der Waals surface area (Å²) in [6, 6.07) is 6.46. The van der Waals surface area contributed by atoms with Crippen LogP contribution in [0.4, 0.5) is 0 Å². The molecule has 2 aromatic rings. The first kappa shape index (κ1) is 15.4. The molecule has 0 nitrogen and oxygen atoms in total. The number of hydrogen-bond donors (Lipinski definition) is 0. The van der Waals surface area contributed by atoms with Gasteiger partial charge in [-0.1, -0.05) is 13.8 Å². The molecule has 0 aliphatic heterocycles. The van der Waals surface area contributed by atoms with Gasteiger partial charge < -0.3 is 0 Å². The van der Waals surface area contributed by atoms with Crippen LogP contribution in [-0.2, 0) is 0 Å². The predicted molar refractivity (Wildman–Crippen MR) is 78.9 cm³/mol. The molecule has 0 saturated heterocycles. The van der Waals surface area contributed by atoms with Gasteiger partial charge in [0.2, 0.25) is 0 Å². The van der Waals surface area contributed by atoms with Crippen LogP contribution in [0.5, 0.6) is 0 Å². The molecule has 2 heterocycles. The summed E-state index contributed by atoms with van der Waals surface area (Å²) in [6.45, 7) is 12.5. The topological polar surface area (TPSA) is 0 Å². The van der Waals surface area contributed by atoms with E-state index in [9.17, 15) is 0 Å². The van der Waals surface area contributed by atoms with Crippen molar-refractivity contribution in [2.45, 2.75) is 41.5 Å². The molecule has 0 radical (unpaired) electrons. The van der Waals surface area contributed by atoms with E-state index < -0.39 is 0 Å². The Hall–Kier alpha value is -0.600. The molecule has 0 amide bonds. The Kier molecular flexibility index (Phi) is 8.22. The molecule has 0 N–H and O–H groups in total. The van der Waals surface area contributed by atoms with Gasteiger partial charge in [-0.3, -0.25) is 0 Å². The van der Waals surface area contributed by atoms with E-state index in [2.05, 4.69) is 51.3 Å².